The van der Waals surface area contributed by atoms with Crippen molar-refractivity contribution in [3.05, 3.63) is 47.8 Å². The van der Waals surface area contributed by atoms with Crippen LogP contribution in [0.3, 0.4) is 0 Å². The van der Waals surface area contributed by atoms with E-state index in [1.54, 1.807) is 6.20 Å². The van der Waals surface area contributed by atoms with Crippen molar-refractivity contribution in [2.24, 2.45) is 0 Å². The molecule has 2 rings (SSSR count). The fourth-order valence-electron chi connectivity index (χ4n) is 1.55. The van der Waals surface area contributed by atoms with E-state index in [2.05, 4.69) is 11.1 Å². The van der Waals surface area contributed by atoms with E-state index in [-0.39, 0.29) is 0 Å². The lowest BCUT2D eigenvalue weighted by Gasteiger charge is -2.02. The molecule has 0 fully saturated rings. The second kappa shape index (κ2) is 3.39. The molecule has 0 aliphatic rings. The van der Waals surface area contributed by atoms with Crippen LogP contribution in [0, 0.1) is 18.3 Å². The van der Waals surface area contributed by atoms with Gasteiger partial charge in [-0.15, -0.1) is 0 Å². The first-order chi connectivity index (χ1) is 6.83. The normalized spacial score (nSPS) is 9.71. The Bertz CT molecular complexity index is 489. The van der Waals surface area contributed by atoms with Crippen LogP contribution in [0.15, 0.2) is 36.7 Å². The third-order valence-electron chi connectivity index (χ3n) is 2.30. The number of nitriles is 1. The van der Waals surface area contributed by atoms with E-state index < -0.39 is 0 Å². The van der Waals surface area contributed by atoms with Gasteiger partial charge in [-0.2, -0.15) is 5.26 Å². The summed E-state index contributed by atoms with van der Waals surface area (Å²) in [5, 5.41) is 8.89. The Balaban J connectivity index is 2.62. The summed E-state index contributed by atoms with van der Waals surface area (Å²) >= 11 is 0. The van der Waals surface area contributed by atoms with Crippen LogP contribution in [-0.4, -0.2) is 4.98 Å². The number of aromatic amines is 1. The lowest BCUT2D eigenvalue weighted by Crippen LogP contribution is -1.82. The number of aromatic nitrogens is 1. The minimum atomic E-state index is 0.694. The Morgan fingerprint density at radius 2 is 1.93 bits per heavy atom. The first-order valence-electron chi connectivity index (χ1n) is 4.46. The van der Waals surface area contributed by atoms with Gasteiger partial charge in [-0.3, -0.25) is 0 Å². The molecule has 0 atom stereocenters. The van der Waals surface area contributed by atoms with Crippen LogP contribution < -0.4 is 0 Å². The highest BCUT2D eigenvalue weighted by Gasteiger charge is 2.06. The molecule has 1 heterocycles. The lowest BCUT2D eigenvalue weighted by atomic mass is 10.0. The average Bonchev–Trinajstić information content (AvgIpc) is 2.66. The maximum absolute atomic E-state index is 8.89. The Morgan fingerprint density at radius 3 is 2.64 bits per heavy atom. The molecule has 2 nitrogen and oxygen atoms in total. The first kappa shape index (κ1) is 8.58. The van der Waals surface area contributed by atoms with Crippen LogP contribution in [-0.2, 0) is 0 Å². The van der Waals surface area contributed by atoms with Gasteiger partial charge in [0.2, 0.25) is 0 Å². The average molecular weight is 182 g/mol. The SMILES string of the molecule is Cc1ccccc1-c1c[nH]cc1C#N. The van der Waals surface area contributed by atoms with Crippen LogP contribution in [0.2, 0.25) is 0 Å². The zero-order chi connectivity index (χ0) is 9.97. The lowest BCUT2D eigenvalue weighted by molar-refractivity contribution is 1.40. The van der Waals surface area contributed by atoms with E-state index in [0.29, 0.717) is 5.56 Å². The quantitative estimate of drug-likeness (QED) is 0.723. The molecule has 0 saturated heterocycles. The summed E-state index contributed by atoms with van der Waals surface area (Å²) < 4.78 is 0. The minimum Gasteiger partial charge on any atom is -0.366 e. The van der Waals surface area contributed by atoms with Crippen molar-refractivity contribution in [2.45, 2.75) is 6.92 Å². The largest absolute Gasteiger partial charge is 0.366 e. The fraction of sp³-hybridized carbons (Fsp3) is 0.0833. The number of rotatable bonds is 1. The van der Waals surface area contributed by atoms with Gasteiger partial charge >= 0.3 is 0 Å². The molecule has 0 spiro atoms. The molecule has 0 saturated carbocycles. The number of benzene rings is 1. The summed E-state index contributed by atoms with van der Waals surface area (Å²) in [4.78, 5) is 2.95. The molecule has 0 radical (unpaired) electrons. The highest BCUT2D eigenvalue weighted by molar-refractivity contribution is 5.72. The third kappa shape index (κ3) is 1.29. The summed E-state index contributed by atoms with van der Waals surface area (Å²) in [6.45, 7) is 2.05. The van der Waals surface area contributed by atoms with E-state index in [4.69, 9.17) is 5.26 Å². The number of nitrogens with zero attached hydrogens (tertiary/aromatic N) is 1. The van der Waals surface area contributed by atoms with Gasteiger partial charge in [-0.25, -0.2) is 0 Å². The number of hydrogen-bond acceptors (Lipinski definition) is 1. The smallest absolute Gasteiger partial charge is 0.101 e. The van der Waals surface area contributed by atoms with E-state index in [1.807, 2.05) is 37.4 Å². The molecule has 2 aromatic rings. The maximum atomic E-state index is 8.89. The Morgan fingerprint density at radius 1 is 1.14 bits per heavy atom. The molecule has 0 bridgehead atoms. The van der Waals surface area contributed by atoms with Gasteiger partial charge in [-0.05, 0) is 18.1 Å². The molecule has 0 unspecified atom stereocenters. The van der Waals surface area contributed by atoms with Gasteiger partial charge in [0.1, 0.15) is 6.07 Å². The van der Waals surface area contributed by atoms with Crippen LogP contribution in [0.4, 0.5) is 0 Å². The molecule has 1 aromatic heterocycles. The van der Waals surface area contributed by atoms with Crippen molar-refractivity contribution in [3.63, 3.8) is 0 Å². The third-order valence-corrected chi connectivity index (χ3v) is 2.30. The zero-order valence-electron chi connectivity index (χ0n) is 7.91. The summed E-state index contributed by atoms with van der Waals surface area (Å²) in [5.74, 6) is 0. The van der Waals surface area contributed by atoms with Crippen molar-refractivity contribution in [1.82, 2.24) is 4.98 Å². The van der Waals surface area contributed by atoms with E-state index in [0.717, 1.165) is 11.1 Å². The van der Waals surface area contributed by atoms with Gasteiger partial charge in [0.25, 0.3) is 0 Å². The zero-order valence-corrected chi connectivity index (χ0v) is 7.91. The molecule has 0 amide bonds. The van der Waals surface area contributed by atoms with Crippen molar-refractivity contribution < 1.29 is 0 Å². The Hall–Kier alpha value is -2.01. The van der Waals surface area contributed by atoms with Crippen molar-refractivity contribution in [3.8, 4) is 17.2 Å². The molecule has 1 N–H and O–H groups in total. The van der Waals surface area contributed by atoms with Crippen LogP contribution in [0.5, 0.6) is 0 Å². The van der Waals surface area contributed by atoms with Gasteiger partial charge in [0.15, 0.2) is 0 Å². The predicted molar refractivity (Wildman–Crippen MR) is 55.7 cm³/mol. The van der Waals surface area contributed by atoms with Crippen LogP contribution >= 0.6 is 0 Å². The van der Waals surface area contributed by atoms with E-state index >= 15 is 0 Å². The fourth-order valence-corrected chi connectivity index (χ4v) is 1.55. The van der Waals surface area contributed by atoms with Gasteiger partial charge in [0.05, 0.1) is 5.56 Å². The summed E-state index contributed by atoms with van der Waals surface area (Å²) in [6.07, 6.45) is 3.59. The molecule has 14 heavy (non-hydrogen) atoms. The van der Waals surface area contributed by atoms with E-state index in [1.165, 1.54) is 5.56 Å². The second-order valence-corrected chi connectivity index (χ2v) is 3.21. The number of nitrogens with one attached hydrogen (secondary N) is 1. The first-order valence-corrected chi connectivity index (χ1v) is 4.46. The molecular weight excluding hydrogens is 172 g/mol. The summed E-state index contributed by atoms with van der Waals surface area (Å²) in [5.41, 5.74) is 3.97. The standard InChI is InChI=1S/C12H10N2/c1-9-4-2-3-5-11(9)12-8-14-7-10(12)6-13/h2-5,7-8,14H,1H3. The highest BCUT2D eigenvalue weighted by atomic mass is 14.6. The van der Waals surface area contributed by atoms with Crippen molar-refractivity contribution in [1.29, 1.82) is 5.26 Å². The van der Waals surface area contributed by atoms with Gasteiger partial charge < -0.3 is 4.98 Å². The Labute approximate surface area is 82.8 Å². The number of aryl methyl sites for hydroxylation is 1. The summed E-state index contributed by atoms with van der Waals surface area (Å²) in [6, 6.07) is 10.2. The molecule has 68 valence electrons. The van der Waals surface area contributed by atoms with Gasteiger partial charge in [-0.1, -0.05) is 24.3 Å². The minimum absolute atomic E-state index is 0.694. The predicted octanol–water partition coefficient (Wildman–Crippen LogP) is 2.86. The highest BCUT2D eigenvalue weighted by Crippen LogP contribution is 2.25. The molecule has 2 heteroatoms. The maximum Gasteiger partial charge on any atom is 0.101 e. The molecule has 1 aromatic carbocycles. The van der Waals surface area contributed by atoms with Crippen molar-refractivity contribution in [2.75, 3.05) is 0 Å². The number of hydrogen-bond donors (Lipinski definition) is 1. The van der Waals surface area contributed by atoms with Crippen LogP contribution in [0.1, 0.15) is 11.1 Å². The Kier molecular flexibility index (Phi) is 2.08. The summed E-state index contributed by atoms with van der Waals surface area (Å²) in [7, 11) is 0. The van der Waals surface area contributed by atoms with Gasteiger partial charge in [0, 0.05) is 18.0 Å². The monoisotopic (exact) mass is 182 g/mol. The molecule has 0 aliphatic carbocycles. The van der Waals surface area contributed by atoms with E-state index in [9.17, 15) is 0 Å². The molecule has 0 aliphatic heterocycles. The number of H-pyrrole nitrogens is 1. The molecular formula is C12H10N2. The van der Waals surface area contributed by atoms with Crippen LogP contribution in [0.25, 0.3) is 11.1 Å². The van der Waals surface area contributed by atoms with Crippen molar-refractivity contribution >= 4 is 0 Å². The second-order valence-electron chi connectivity index (χ2n) is 3.21. The topological polar surface area (TPSA) is 39.6 Å².